The SMILES string of the molecule is CCc1ccc(C(=O)NC(C)(C)C(C)(C)C(=O)O)cc1. The van der Waals surface area contributed by atoms with Crippen molar-refractivity contribution in [1.82, 2.24) is 5.32 Å². The normalized spacial score (nSPS) is 12.1. The second-order valence-electron chi connectivity index (χ2n) is 6.06. The fourth-order valence-corrected chi connectivity index (χ4v) is 1.67. The van der Waals surface area contributed by atoms with Crippen molar-refractivity contribution in [3.05, 3.63) is 35.4 Å². The molecule has 0 unspecified atom stereocenters. The number of benzene rings is 1. The first kappa shape index (κ1) is 16.2. The number of aryl methyl sites for hydroxylation is 1. The zero-order valence-electron chi connectivity index (χ0n) is 12.8. The van der Waals surface area contributed by atoms with Crippen LogP contribution in [0.5, 0.6) is 0 Å². The maximum Gasteiger partial charge on any atom is 0.311 e. The van der Waals surface area contributed by atoms with Gasteiger partial charge in [-0.2, -0.15) is 0 Å². The molecule has 0 spiro atoms. The van der Waals surface area contributed by atoms with E-state index in [2.05, 4.69) is 5.32 Å². The van der Waals surface area contributed by atoms with Gasteiger partial charge >= 0.3 is 5.97 Å². The van der Waals surface area contributed by atoms with E-state index in [0.717, 1.165) is 12.0 Å². The third-order valence-electron chi connectivity index (χ3n) is 4.15. The van der Waals surface area contributed by atoms with Gasteiger partial charge in [0.05, 0.1) is 11.0 Å². The van der Waals surface area contributed by atoms with Crippen molar-refractivity contribution in [2.45, 2.75) is 46.6 Å². The van der Waals surface area contributed by atoms with Crippen LogP contribution in [-0.2, 0) is 11.2 Å². The average molecular weight is 277 g/mol. The van der Waals surface area contributed by atoms with Gasteiger partial charge in [0, 0.05) is 5.56 Å². The van der Waals surface area contributed by atoms with Gasteiger partial charge in [0.2, 0.25) is 0 Å². The molecule has 1 aromatic carbocycles. The molecule has 0 saturated carbocycles. The zero-order valence-corrected chi connectivity index (χ0v) is 12.8. The quantitative estimate of drug-likeness (QED) is 0.869. The first-order valence-electron chi connectivity index (χ1n) is 6.76. The van der Waals surface area contributed by atoms with Crippen molar-refractivity contribution < 1.29 is 14.7 Å². The average Bonchev–Trinajstić information content (AvgIpc) is 2.37. The van der Waals surface area contributed by atoms with Crippen LogP contribution in [0.3, 0.4) is 0 Å². The van der Waals surface area contributed by atoms with Gasteiger partial charge in [0.25, 0.3) is 5.91 Å². The molecule has 0 saturated heterocycles. The molecule has 1 aromatic rings. The van der Waals surface area contributed by atoms with Crippen LogP contribution in [0.1, 0.15) is 50.5 Å². The maximum absolute atomic E-state index is 12.2. The van der Waals surface area contributed by atoms with E-state index in [0.29, 0.717) is 5.56 Å². The summed E-state index contributed by atoms with van der Waals surface area (Å²) in [5.41, 5.74) is -0.228. The van der Waals surface area contributed by atoms with Crippen molar-refractivity contribution in [3.8, 4) is 0 Å². The van der Waals surface area contributed by atoms with Gasteiger partial charge < -0.3 is 10.4 Å². The molecule has 2 N–H and O–H groups in total. The molecule has 1 rings (SSSR count). The van der Waals surface area contributed by atoms with Crippen LogP contribution in [-0.4, -0.2) is 22.5 Å². The van der Waals surface area contributed by atoms with E-state index in [4.69, 9.17) is 0 Å². The predicted molar refractivity (Wildman–Crippen MR) is 78.8 cm³/mol. The number of carboxylic acid groups (broad SMARTS) is 1. The Bertz CT molecular complexity index is 501. The Hall–Kier alpha value is -1.84. The Labute approximate surface area is 120 Å². The van der Waals surface area contributed by atoms with Crippen LogP contribution in [0.4, 0.5) is 0 Å². The van der Waals surface area contributed by atoms with E-state index in [1.165, 1.54) is 0 Å². The van der Waals surface area contributed by atoms with Gasteiger partial charge in [0.1, 0.15) is 0 Å². The lowest BCUT2D eigenvalue weighted by molar-refractivity contribution is -0.150. The highest BCUT2D eigenvalue weighted by Crippen LogP contribution is 2.31. The first-order chi connectivity index (χ1) is 9.11. The summed E-state index contributed by atoms with van der Waals surface area (Å²) in [5, 5.41) is 12.1. The van der Waals surface area contributed by atoms with Crippen LogP contribution in [0.25, 0.3) is 0 Å². The van der Waals surface area contributed by atoms with E-state index < -0.39 is 16.9 Å². The van der Waals surface area contributed by atoms with Crippen LogP contribution in [0.15, 0.2) is 24.3 Å². The molecular formula is C16H23NO3. The molecule has 20 heavy (non-hydrogen) atoms. The minimum Gasteiger partial charge on any atom is -0.481 e. The summed E-state index contributed by atoms with van der Waals surface area (Å²) in [7, 11) is 0. The number of carboxylic acids is 1. The van der Waals surface area contributed by atoms with E-state index in [9.17, 15) is 14.7 Å². The summed E-state index contributed by atoms with van der Waals surface area (Å²) in [6.07, 6.45) is 0.916. The largest absolute Gasteiger partial charge is 0.481 e. The minimum absolute atomic E-state index is 0.257. The van der Waals surface area contributed by atoms with Crippen molar-refractivity contribution in [3.63, 3.8) is 0 Å². The molecular weight excluding hydrogens is 254 g/mol. The lowest BCUT2D eigenvalue weighted by atomic mass is 9.74. The van der Waals surface area contributed by atoms with Crippen molar-refractivity contribution in [2.24, 2.45) is 5.41 Å². The molecule has 110 valence electrons. The zero-order chi connectivity index (χ0) is 15.6. The maximum atomic E-state index is 12.2. The molecule has 0 aliphatic carbocycles. The Morgan fingerprint density at radius 2 is 1.60 bits per heavy atom. The van der Waals surface area contributed by atoms with Crippen LogP contribution >= 0.6 is 0 Å². The number of hydrogen-bond acceptors (Lipinski definition) is 2. The molecule has 4 nitrogen and oxygen atoms in total. The van der Waals surface area contributed by atoms with Gasteiger partial charge in [-0.05, 0) is 51.8 Å². The summed E-state index contributed by atoms with van der Waals surface area (Å²) in [5.74, 6) is -1.20. The summed E-state index contributed by atoms with van der Waals surface area (Å²) >= 11 is 0. The molecule has 0 radical (unpaired) electrons. The van der Waals surface area contributed by atoms with E-state index in [1.54, 1.807) is 39.8 Å². The summed E-state index contributed by atoms with van der Waals surface area (Å²) < 4.78 is 0. The van der Waals surface area contributed by atoms with Gasteiger partial charge in [0.15, 0.2) is 0 Å². The van der Waals surface area contributed by atoms with Gasteiger partial charge in [-0.3, -0.25) is 9.59 Å². The van der Waals surface area contributed by atoms with Crippen molar-refractivity contribution in [2.75, 3.05) is 0 Å². The molecule has 4 heteroatoms. The Morgan fingerprint density at radius 3 is 2.00 bits per heavy atom. The van der Waals surface area contributed by atoms with Crippen LogP contribution in [0.2, 0.25) is 0 Å². The first-order valence-corrected chi connectivity index (χ1v) is 6.76. The van der Waals surface area contributed by atoms with Gasteiger partial charge in [-0.1, -0.05) is 19.1 Å². The van der Waals surface area contributed by atoms with Crippen LogP contribution in [0, 0.1) is 5.41 Å². The number of carbonyl (C=O) groups excluding carboxylic acids is 1. The molecule has 0 aliphatic rings. The highest BCUT2D eigenvalue weighted by atomic mass is 16.4. The molecule has 0 heterocycles. The second-order valence-corrected chi connectivity index (χ2v) is 6.06. The minimum atomic E-state index is -1.06. The highest BCUT2D eigenvalue weighted by molar-refractivity contribution is 5.95. The van der Waals surface area contributed by atoms with Gasteiger partial charge in [-0.15, -0.1) is 0 Å². The van der Waals surface area contributed by atoms with Crippen molar-refractivity contribution in [1.29, 1.82) is 0 Å². The fraction of sp³-hybridized carbons (Fsp3) is 0.500. The monoisotopic (exact) mass is 277 g/mol. The molecule has 0 aliphatic heterocycles. The lowest BCUT2D eigenvalue weighted by Gasteiger charge is -2.38. The van der Waals surface area contributed by atoms with Gasteiger partial charge in [-0.25, -0.2) is 0 Å². The third-order valence-corrected chi connectivity index (χ3v) is 4.15. The highest BCUT2D eigenvalue weighted by Gasteiger charge is 2.44. The topological polar surface area (TPSA) is 66.4 Å². The van der Waals surface area contributed by atoms with E-state index in [1.807, 2.05) is 19.1 Å². The van der Waals surface area contributed by atoms with E-state index >= 15 is 0 Å². The smallest absolute Gasteiger partial charge is 0.311 e. The molecule has 1 amide bonds. The number of rotatable bonds is 5. The van der Waals surface area contributed by atoms with Crippen LogP contribution < -0.4 is 5.32 Å². The van der Waals surface area contributed by atoms with Crippen molar-refractivity contribution >= 4 is 11.9 Å². The molecule has 0 aromatic heterocycles. The lowest BCUT2D eigenvalue weighted by Crippen LogP contribution is -2.56. The summed E-state index contributed by atoms with van der Waals surface area (Å²) in [6.45, 7) is 8.71. The number of hydrogen-bond donors (Lipinski definition) is 2. The molecule has 0 atom stereocenters. The summed E-state index contributed by atoms with van der Waals surface area (Å²) in [4.78, 5) is 23.5. The number of nitrogens with one attached hydrogen (secondary N) is 1. The predicted octanol–water partition coefficient (Wildman–Crippen LogP) is 2.87. The molecule has 0 fully saturated rings. The Kier molecular flexibility index (Phi) is 4.58. The second kappa shape index (κ2) is 5.65. The summed E-state index contributed by atoms with van der Waals surface area (Å²) in [6, 6.07) is 7.34. The standard InChI is InChI=1S/C16H23NO3/c1-6-11-7-9-12(10-8-11)13(18)17-16(4,5)15(2,3)14(19)20/h7-10H,6H2,1-5H3,(H,17,18)(H,19,20). The third kappa shape index (κ3) is 3.18. The fourth-order valence-electron chi connectivity index (χ4n) is 1.67. The number of aliphatic carboxylic acids is 1. The molecule has 0 bridgehead atoms. The number of amides is 1. The Balaban J connectivity index is 2.91. The number of carbonyl (C=O) groups is 2. The Morgan fingerprint density at radius 1 is 1.10 bits per heavy atom. The van der Waals surface area contributed by atoms with E-state index in [-0.39, 0.29) is 5.91 Å².